The van der Waals surface area contributed by atoms with E-state index in [4.69, 9.17) is 4.74 Å². The normalized spacial score (nSPS) is 16.6. The Morgan fingerprint density at radius 3 is 2.48 bits per heavy atom. The van der Waals surface area contributed by atoms with E-state index in [1.807, 2.05) is 51.7 Å². The third-order valence-electron chi connectivity index (χ3n) is 4.59. The summed E-state index contributed by atoms with van der Waals surface area (Å²) < 4.78 is 5.34. The molecule has 5 heteroatoms. The zero-order valence-electron chi connectivity index (χ0n) is 16.0. The minimum atomic E-state index is -0.586. The van der Waals surface area contributed by atoms with E-state index in [1.165, 1.54) is 11.1 Å². The number of carbonyl (C=O) groups is 2. The second kappa shape index (κ2) is 7.89. The van der Waals surface area contributed by atoms with Gasteiger partial charge in [-0.2, -0.15) is 0 Å². The maximum absolute atomic E-state index is 13.1. The minimum absolute atomic E-state index is 0.0327. The van der Waals surface area contributed by atoms with E-state index < -0.39 is 17.7 Å². The molecule has 0 saturated carbocycles. The van der Waals surface area contributed by atoms with Crippen LogP contribution in [0.4, 0.5) is 4.79 Å². The fraction of sp³-hybridized carbons (Fsp3) is 0.600. The van der Waals surface area contributed by atoms with Crippen LogP contribution in [0.25, 0.3) is 0 Å². The molecule has 1 aliphatic rings. The summed E-state index contributed by atoms with van der Waals surface area (Å²) in [6.45, 7) is 10.7. The van der Waals surface area contributed by atoms with Gasteiger partial charge in [0.05, 0.1) is 0 Å². The third kappa shape index (κ3) is 5.21. The molecule has 0 fully saturated rings. The number of carbonyl (C=O) groups excluding carboxylic acids is 2. The molecule has 2 atom stereocenters. The highest BCUT2D eigenvalue weighted by atomic mass is 16.6. The Morgan fingerprint density at radius 2 is 1.88 bits per heavy atom. The Bertz CT molecular complexity index is 622. The summed E-state index contributed by atoms with van der Waals surface area (Å²) in [5.74, 6) is 0.00639. The largest absolute Gasteiger partial charge is 0.444 e. The molecule has 5 nitrogen and oxygen atoms in total. The van der Waals surface area contributed by atoms with Crippen molar-refractivity contribution in [3.05, 3.63) is 35.4 Å². The van der Waals surface area contributed by atoms with Gasteiger partial charge in [0.1, 0.15) is 11.6 Å². The molecule has 0 aliphatic carbocycles. The number of hydrogen-bond donors (Lipinski definition) is 1. The summed E-state index contributed by atoms with van der Waals surface area (Å²) in [6.07, 6.45) is 1.11. The van der Waals surface area contributed by atoms with Crippen molar-refractivity contribution in [3.8, 4) is 0 Å². The van der Waals surface area contributed by atoms with Gasteiger partial charge in [-0.15, -0.1) is 0 Å². The lowest BCUT2D eigenvalue weighted by Gasteiger charge is -2.34. The molecular formula is C20H30N2O3. The smallest absolute Gasteiger partial charge is 0.408 e. The average Bonchev–Trinajstić information content (AvgIpc) is 2.56. The molecule has 1 heterocycles. The summed E-state index contributed by atoms with van der Waals surface area (Å²) in [4.78, 5) is 27.1. The van der Waals surface area contributed by atoms with Crippen LogP contribution < -0.4 is 5.32 Å². The number of hydrogen-bond acceptors (Lipinski definition) is 3. The predicted molar refractivity (Wildman–Crippen MR) is 98.2 cm³/mol. The fourth-order valence-electron chi connectivity index (χ4n) is 3.00. The Balaban J connectivity index is 2.10. The third-order valence-corrected chi connectivity index (χ3v) is 4.59. The number of fused-ring (bicyclic) bond motifs is 1. The van der Waals surface area contributed by atoms with Gasteiger partial charge < -0.3 is 15.0 Å². The fourth-order valence-corrected chi connectivity index (χ4v) is 3.00. The Kier molecular flexibility index (Phi) is 6.09. The van der Waals surface area contributed by atoms with Gasteiger partial charge in [-0.3, -0.25) is 4.79 Å². The highest BCUT2D eigenvalue weighted by Crippen LogP contribution is 2.21. The summed E-state index contributed by atoms with van der Waals surface area (Å²) in [5.41, 5.74) is 1.89. The predicted octanol–water partition coefficient (Wildman–Crippen LogP) is 3.51. The number of amides is 2. The van der Waals surface area contributed by atoms with Crippen LogP contribution >= 0.6 is 0 Å². The zero-order chi connectivity index (χ0) is 18.6. The second-order valence-corrected chi connectivity index (χ2v) is 7.79. The van der Waals surface area contributed by atoms with Crippen molar-refractivity contribution in [1.29, 1.82) is 0 Å². The zero-order valence-corrected chi connectivity index (χ0v) is 16.0. The number of ether oxygens (including phenoxy) is 1. The Labute approximate surface area is 150 Å². The Morgan fingerprint density at radius 1 is 1.24 bits per heavy atom. The van der Waals surface area contributed by atoms with Crippen molar-refractivity contribution in [2.75, 3.05) is 6.54 Å². The van der Waals surface area contributed by atoms with E-state index in [-0.39, 0.29) is 11.8 Å². The summed E-state index contributed by atoms with van der Waals surface area (Å²) in [6, 6.07) is 7.64. The molecule has 0 spiro atoms. The first-order valence-electron chi connectivity index (χ1n) is 9.06. The molecule has 1 N–H and O–H groups in total. The molecule has 1 aromatic carbocycles. The first kappa shape index (κ1) is 19.3. The summed E-state index contributed by atoms with van der Waals surface area (Å²) >= 11 is 0. The van der Waals surface area contributed by atoms with Crippen LogP contribution in [0.15, 0.2) is 24.3 Å². The van der Waals surface area contributed by atoms with Crippen LogP contribution in [0.5, 0.6) is 0 Å². The van der Waals surface area contributed by atoms with E-state index in [2.05, 4.69) is 17.4 Å². The molecule has 1 aromatic rings. The summed E-state index contributed by atoms with van der Waals surface area (Å²) in [5, 5.41) is 2.79. The van der Waals surface area contributed by atoms with E-state index in [9.17, 15) is 9.59 Å². The van der Waals surface area contributed by atoms with Crippen molar-refractivity contribution >= 4 is 12.0 Å². The van der Waals surface area contributed by atoms with Crippen LogP contribution in [0, 0.1) is 5.92 Å². The molecular weight excluding hydrogens is 316 g/mol. The topological polar surface area (TPSA) is 58.6 Å². The number of nitrogens with zero attached hydrogens (tertiary/aromatic N) is 1. The van der Waals surface area contributed by atoms with E-state index in [0.29, 0.717) is 13.1 Å². The van der Waals surface area contributed by atoms with Gasteiger partial charge in [0.2, 0.25) is 5.91 Å². The first-order chi connectivity index (χ1) is 11.7. The van der Waals surface area contributed by atoms with Crippen molar-refractivity contribution in [3.63, 3.8) is 0 Å². The first-order valence-corrected chi connectivity index (χ1v) is 9.06. The molecule has 2 unspecified atom stereocenters. The number of nitrogens with one attached hydrogen (secondary N) is 1. The molecule has 138 valence electrons. The average molecular weight is 346 g/mol. The highest BCUT2D eigenvalue weighted by molar-refractivity contribution is 5.86. The lowest BCUT2D eigenvalue weighted by molar-refractivity contribution is -0.135. The molecule has 2 rings (SSSR count). The monoisotopic (exact) mass is 346 g/mol. The van der Waals surface area contributed by atoms with Gasteiger partial charge in [0.15, 0.2) is 0 Å². The quantitative estimate of drug-likeness (QED) is 0.907. The van der Waals surface area contributed by atoms with Crippen LogP contribution in [0.1, 0.15) is 52.2 Å². The van der Waals surface area contributed by atoms with Crippen molar-refractivity contribution in [2.24, 2.45) is 5.92 Å². The minimum Gasteiger partial charge on any atom is -0.444 e. The number of benzene rings is 1. The van der Waals surface area contributed by atoms with Crippen LogP contribution in [-0.4, -0.2) is 35.1 Å². The standard InChI is InChI=1S/C20H30N2O3/c1-6-14(2)17(21-19(24)25-20(3,4)5)18(23)22-12-11-15-9-7-8-10-16(15)13-22/h7-10,14,17H,6,11-13H2,1-5H3,(H,21,24). The van der Waals surface area contributed by atoms with Gasteiger partial charge in [0, 0.05) is 13.1 Å². The molecule has 25 heavy (non-hydrogen) atoms. The SMILES string of the molecule is CCC(C)C(NC(=O)OC(C)(C)C)C(=O)N1CCc2ccccc2C1. The van der Waals surface area contributed by atoms with Crippen molar-refractivity contribution in [2.45, 2.75) is 65.6 Å². The maximum Gasteiger partial charge on any atom is 0.408 e. The maximum atomic E-state index is 13.1. The van der Waals surface area contributed by atoms with Gasteiger partial charge >= 0.3 is 6.09 Å². The number of rotatable bonds is 4. The molecule has 0 radical (unpaired) electrons. The van der Waals surface area contributed by atoms with Gasteiger partial charge in [-0.1, -0.05) is 44.5 Å². The van der Waals surface area contributed by atoms with Gasteiger partial charge in [-0.05, 0) is 44.2 Å². The van der Waals surface area contributed by atoms with E-state index in [0.717, 1.165) is 12.8 Å². The lowest BCUT2D eigenvalue weighted by Crippen LogP contribution is -2.53. The van der Waals surface area contributed by atoms with E-state index in [1.54, 1.807) is 0 Å². The lowest BCUT2D eigenvalue weighted by atomic mass is 9.95. The molecule has 2 amide bonds. The van der Waals surface area contributed by atoms with Crippen molar-refractivity contribution in [1.82, 2.24) is 10.2 Å². The van der Waals surface area contributed by atoms with Crippen LogP contribution in [0.2, 0.25) is 0 Å². The van der Waals surface area contributed by atoms with Gasteiger partial charge in [0.25, 0.3) is 0 Å². The number of alkyl carbamates (subject to hydrolysis) is 1. The van der Waals surface area contributed by atoms with Crippen molar-refractivity contribution < 1.29 is 14.3 Å². The molecule has 0 saturated heterocycles. The van der Waals surface area contributed by atoms with Gasteiger partial charge in [-0.25, -0.2) is 4.79 Å². The second-order valence-electron chi connectivity index (χ2n) is 7.79. The van der Waals surface area contributed by atoms with Crippen LogP contribution in [0.3, 0.4) is 0 Å². The molecule has 0 bridgehead atoms. The van der Waals surface area contributed by atoms with Crippen LogP contribution in [-0.2, 0) is 22.5 Å². The Hall–Kier alpha value is -2.04. The highest BCUT2D eigenvalue weighted by Gasteiger charge is 2.32. The molecule has 0 aromatic heterocycles. The molecule has 1 aliphatic heterocycles. The summed E-state index contributed by atoms with van der Waals surface area (Å²) in [7, 11) is 0. The van der Waals surface area contributed by atoms with E-state index >= 15 is 0 Å².